The lowest BCUT2D eigenvalue weighted by molar-refractivity contribution is 0.625. The maximum Gasteiger partial charge on any atom is 0.0205 e. The van der Waals surface area contributed by atoms with E-state index in [-0.39, 0.29) is 0 Å². The van der Waals surface area contributed by atoms with Crippen molar-refractivity contribution in [3.8, 4) is 0 Å². The van der Waals surface area contributed by atoms with Crippen LogP contribution in [0.3, 0.4) is 0 Å². The average Bonchev–Trinajstić information content (AvgIpc) is 2.19. The fraction of sp³-hybridized carbons (Fsp3) is 0.455. The molecule has 72 valence electrons. The zero-order valence-electron chi connectivity index (χ0n) is 8.22. The van der Waals surface area contributed by atoms with Crippen LogP contribution in [0.1, 0.15) is 12.0 Å². The highest BCUT2D eigenvalue weighted by Gasteiger charge is 1.89. The predicted molar refractivity (Wildman–Crippen MR) is 56.7 cm³/mol. The largest absolute Gasteiger partial charge is 0.320 e. The predicted octanol–water partition coefficient (Wildman–Crippen LogP) is 1.39. The second-order valence-electron chi connectivity index (χ2n) is 3.12. The molecule has 0 atom stereocenters. The third-order valence-corrected chi connectivity index (χ3v) is 1.95. The molecule has 0 heterocycles. The summed E-state index contributed by atoms with van der Waals surface area (Å²) in [4.78, 5) is 0. The van der Waals surface area contributed by atoms with Crippen molar-refractivity contribution in [3.63, 3.8) is 0 Å². The summed E-state index contributed by atoms with van der Waals surface area (Å²) in [5.74, 6) is 0. The lowest BCUT2D eigenvalue weighted by atomic mass is 10.2. The molecule has 13 heavy (non-hydrogen) atoms. The van der Waals surface area contributed by atoms with E-state index in [4.69, 9.17) is 0 Å². The van der Waals surface area contributed by atoms with Gasteiger partial charge in [0.2, 0.25) is 0 Å². The second-order valence-corrected chi connectivity index (χ2v) is 3.12. The fourth-order valence-corrected chi connectivity index (χ4v) is 1.22. The van der Waals surface area contributed by atoms with Gasteiger partial charge in [-0.3, -0.25) is 0 Å². The maximum absolute atomic E-state index is 3.40. The molecule has 1 rings (SSSR count). The van der Waals surface area contributed by atoms with Gasteiger partial charge in [-0.25, -0.2) is 0 Å². The summed E-state index contributed by atoms with van der Waals surface area (Å²) < 4.78 is 0. The van der Waals surface area contributed by atoms with Crippen LogP contribution in [0.2, 0.25) is 0 Å². The summed E-state index contributed by atoms with van der Waals surface area (Å²) in [6.07, 6.45) is 1.18. The Labute approximate surface area is 80.4 Å². The molecule has 0 amide bonds. The second kappa shape index (κ2) is 6.63. The Hall–Kier alpha value is -0.860. The number of benzene rings is 1. The van der Waals surface area contributed by atoms with Crippen molar-refractivity contribution >= 4 is 0 Å². The standard InChI is InChI=1S/C11H18N2/c1-12-8-5-9-13-10-11-6-3-2-4-7-11/h2-4,6-7,12-13H,5,8-10H2,1H3. The smallest absolute Gasteiger partial charge is 0.0205 e. The highest BCUT2D eigenvalue weighted by molar-refractivity contribution is 5.14. The quantitative estimate of drug-likeness (QED) is 0.643. The summed E-state index contributed by atoms with van der Waals surface area (Å²) in [5.41, 5.74) is 1.35. The Kier molecular flexibility index (Phi) is 5.22. The number of hydrogen-bond acceptors (Lipinski definition) is 2. The van der Waals surface area contributed by atoms with Crippen LogP contribution in [-0.2, 0) is 6.54 Å². The van der Waals surface area contributed by atoms with E-state index < -0.39 is 0 Å². The Morgan fingerprint density at radius 1 is 1.08 bits per heavy atom. The van der Waals surface area contributed by atoms with Gasteiger partial charge in [-0.1, -0.05) is 30.3 Å². The molecular weight excluding hydrogens is 160 g/mol. The molecule has 0 spiro atoms. The van der Waals surface area contributed by atoms with Gasteiger partial charge in [0.25, 0.3) is 0 Å². The van der Waals surface area contributed by atoms with Crippen LogP contribution >= 0.6 is 0 Å². The van der Waals surface area contributed by atoms with Crippen LogP contribution in [0.5, 0.6) is 0 Å². The Balaban J connectivity index is 2.07. The van der Waals surface area contributed by atoms with E-state index in [0.717, 1.165) is 19.6 Å². The van der Waals surface area contributed by atoms with Crippen molar-refractivity contribution in [1.29, 1.82) is 0 Å². The van der Waals surface area contributed by atoms with Gasteiger partial charge in [-0.15, -0.1) is 0 Å². The molecule has 0 aliphatic heterocycles. The summed E-state index contributed by atoms with van der Waals surface area (Å²) >= 11 is 0. The molecule has 0 aliphatic rings. The van der Waals surface area contributed by atoms with Gasteiger partial charge in [0.1, 0.15) is 0 Å². The number of nitrogens with one attached hydrogen (secondary N) is 2. The van der Waals surface area contributed by atoms with Crippen LogP contribution in [0.15, 0.2) is 30.3 Å². The lowest BCUT2D eigenvalue weighted by Crippen LogP contribution is -2.19. The van der Waals surface area contributed by atoms with Crippen molar-refractivity contribution in [2.75, 3.05) is 20.1 Å². The van der Waals surface area contributed by atoms with Crippen molar-refractivity contribution < 1.29 is 0 Å². The highest BCUT2D eigenvalue weighted by atomic mass is 14.9. The number of rotatable bonds is 6. The molecule has 1 aromatic carbocycles. The fourth-order valence-electron chi connectivity index (χ4n) is 1.22. The first-order valence-corrected chi connectivity index (χ1v) is 4.82. The molecule has 0 aromatic heterocycles. The van der Waals surface area contributed by atoms with Crippen molar-refractivity contribution in [1.82, 2.24) is 10.6 Å². The zero-order valence-corrected chi connectivity index (χ0v) is 8.22. The van der Waals surface area contributed by atoms with Crippen LogP contribution in [0, 0.1) is 0 Å². The van der Waals surface area contributed by atoms with Crippen LogP contribution in [0.4, 0.5) is 0 Å². The van der Waals surface area contributed by atoms with Crippen molar-refractivity contribution in [2.24, 2.45) is 0 Å². The minimum Gasteiger partial charge on any atom is -0.320 e. The lowest BCUT2D eigenvalue weighted by Gasteiger charge is -2.03. The zero-order chi connectivity index (χ0) is 9.36. The van der Waals surface area contributed by atoms with Crippen LogP contribution in [-0.4, -0.2) is 20.1 Å². The summed E-state index contributed by atoms with van der Waals surface area (Å²) in [7, 11) is 1.98. The SMILES string of the molecule is CNCCCNCc1ccccc1. The molecule has 2 nitrogen and oxygen atoms in total. The molecule has 2 N–H and O–H groups in total. The Bertz CT molecular complexity index is 209. The van der Waals surface area contributed by atoms with Crippen LogP contribution in [0.25, 0.3) is 0 Å². The molecule has 0 unspecified atom stereocenters. The monoisotopic (exact) mass is 178 g/mol. The molecule has 2 heteroatoms. The van der Waals surface area contributed by atoms with E-state index in [1.54, 1.807) is 0 Å². The molecule has 0 saturated heterocycles. The highest BCUT2D eigenvalue weighted by Crippen LogP contribution is 1.96. The molecule has 0 bridgehead atoms. The Morgan fingerprint density at radius 2 is 1.85 bits per heavy atom. The van der Waals surface area contributed by atoms with Gasteiger partial charge >= 0.3 is 0 Å². The van der Waals surface area contributed by atoms with Gasteiger partial charge in [0.15, 0.2) is 0 Å². The van der Waals surface area contributed by atoms with Gasteiger partial charge in [-0.05, 0) is 32.1 Å². The van der Waals surface area contributed by atoms with Crippen molar-refractivity contribution in [2.45, 2.75) is 13.0 Å². The van der Waals surface area contributed by atoms with Crippen molar-refractivity contribution in [3.05, 3.63) is 35.9 Å². The first kappa shape index (κ1) is 10.2. The van der Waals surface area contributed by atoms with E-state index in [9.17, 15) is 0 Å². The van der Waals surface area contributed by atoms with Gasteiger partial charge in [0.05, 0.1) is 0 Å². The van der Waals surface area contributed by atoms with E-state index in [0.29, 0.717) is 0 Å². The van der Waals surface area contributed by atoms with Gasteiger partial charge in [-0.2, -0.15) is 0 Å². The van der Waals surface area contributed by atoms with Crippen LogP contribution < -0.4 is 10.6 Å². The molecule has 1 aromatic rings. The van der Waals surface area contributed by atoms with Gasteiger partial charge < -0.3 is 10.6 Å². The van der Waals surface area contributed by atoms with Gasteiger partial charge in [0, 0.05) is 6.54 Å². The number of hydrogen-bond donors (Lipinski definition) is 2. The summed E-state index contributed by atoms with van der Waals surface area (Å²) in [6, 6.07) is 10.5. The maximum atomic E-state index is 3.40. The average molecular weight is 178 g/mol. The topological polar surface area (TPSA) is 24.1 Å². The van der Waals surface area contributed by atoms with E-state index in [1.165, 1.54) is 12.0 Å². The molecule has 0 aliphatic carbocycles. The minimum absolute atomic E-state index is 0.977. The minimum atomic E-state index is 0.977. The Morgan fingerprint density at radius 3 is 2.54 bits per heavy atom. The third kappa shape index (κ3) is 4.65. The molecule has 0 saturated carbocycles. The first-order chi connectivity index (χ1) is 6.43. The first-order valence-electron chi connectivity index (χ1n) is 4.82. The third-order valence-electron chi connectivity index (χ3n) is 1.95. The normalized spacial score (nSPS) is 10.2. The van der Waals surface area contributed by atoms with E-state index in [1.807, 2.05) is 13.1 Å². The summed E-state index contributed by atoms with van der Waals surface area (Å²) in [5, 5.41) is 6.52. The summed E-state index contributed by atoms with van der Waals surface area (Å²) in [6.45, 7) is 3.14. The molecular formula is C11H18N2. The van der Waals surface area contributed by atoms with E-state index in [2.05, 4.69) is 34.9 Å². The molecule has 0 fully saturated rings. The van der Waals surface area contributed by atoms with E-state index >= 15 is 0 Å². The molecule has 0 radical (unpaired) electrons.